The summed E-state index contributed by atoms with van der Waals surface area (Å²) in [6, 6.07) is 0. The summed E-state index contributed by atoms with van der Waals surface area (Å²) in [6.07, 6.45) is 12.9. The number of carbonyl (C=O) groups is 1. The van der Waals surface area contributed by atoms with Gasteiger partial charge in [-0.2, -0.15) is 0 Å². The van der Waals surface area contributed by atoms with Crippen LogP contribution in [0.5, 0.6) is 0 Å². The molecule has 24 heavy (non-hydrogen) atoms. The van der Waals surface area contributed by atoms with Crippen LogP contribution in [0, 0.1) is 34.5 Å². The predicted octanol–water partition coefficient (Wildman–Crippen LogP) is 5.17. The van der Waals surface area contributed by atoms with E-state index in [9.17, 15) is 4.79 Å². The maximum absolute atomic E-state index is 12.2. The molecule has 3 saturated carbocycles. The van der Waals surface area contributed by atoms with Crippen molar-refractivity contribution in [2.24, 2.45) is 34.5 Å². The highest BCUT2D eigenvalue weighted by molar-refractivity contribution is 5.79. The Labute approximate surface area is 147 Å². The molecule has 4 unspecified atom stereocenters. The minimum Gasteiger partial charge on any atom is -0.381 e. The lowest BCUT2D eigenvalue weighted by molar-refractivity contribution is -0.127. The molecule has 2 heteroatoms. The van der Waals surface area contributed by atoms with Gasteiger partial charge in [-0.1, -0.05) is 25.5 Å². The Kier molecular flexibility index (Phi) is 3.99. The Bertz CT molecular complexity index is 564. The largest absolute Gasteiger partial charge is 0.381 e. The van der Waals surface area contributed by atoms with Crippen molar-refractivity contribution in [3.8, 4) is 0 Å². The summed E-state index contributed by atoms with van der Waals surface area (Å²) in [5, 5.41) is 0. The Balaban J connectivity index is 1.63. The van der Waals surface area contributed by atoms with Gasteiger partial charge in [-0.25, -0.2) is 0 Å². The van der Waals surface area contributed by atoms with Crippen LogP contribution in [0.2, 0.25) is 0 Å². The number of hydrogen-bond donors (Lipinski definition) is 0. The van der Waals surface area contributed by atoms with Crippen molar-refractivity contribution in [2.75, 3.05) is 7.11 Å². The molecule has 4 rings (SSSR count). The third kappa shape index (κ3) is 2.21. The van der Waals surface area contributed by atoms with Crippen molar-refractivity contribution in [1.82, 2.24) is 0 Å². The van der Waals surface area contributed by atoms with Crippen LogP contribution < -0.4 is 0 Å². The van der Waals surface area contributed by atoms with Gasteiger partial charge in [0.15, 0.2) is 0 Å². The number of rotatable bonds is 2. The summed E-state index contributed by atoms with van der Waals surface area (Å²) in [5.41, 5.74) is 2.36. The van der Waals surface area contributed by atoms with Gasteiger partial charge in [-0.15, -0.1) is 0 Å². The lowest BCUT2D eigenvalue weighted by atomic mass is 9.47. The molecule has 7 atom stereocenters. The van der Waals surface area contributed by atoms with Crippen LogP contribution in [0.25, 0.3) is 0 Å². The monoisotopic (exact) mass is 330 g/mol. The molecule has 0 N–H and O–H groups in total. The van der Waals surface area contributed by atoms with Gasteiger partial charge in [-0.3, -0.25) is 4.79 Å². The highest BCUT2D eigenvalue weighted by atomic mass is 16.5. The summed E-state index contributed by atoms with van der Waals surface area (Å²) in [4.78, 5) is 12.2. The molecule has 0 aliphatic heterocycles. The molecule has 4 aliphatic rings. The smallest absolute Gasteiger partial charge is 0.133 e. The number of fused-ring (bicyclic) bond motifs is 5. The molecule has 0 aromatic carbocycles. The summed E-state index contributed by atoms with van der Waals surface area (Å²) < 4.78 is 5.67. The van der Waals surface area contributed by atoms with Crippen molar-refractivity contribution in [1.29, 1.82) is 0 Å². The zero-order chi connectivity index (χ0) is 17.1. The third-order valence-corrected chi connectivity index (χ3v) is 8.88. The second kappa shape index (κ2) is 5.69. The zero-order valence-corrected chi connectivity index (χ0v) is 15.9. The minimum absolute atomic E-state index is 0.276. The lowest BCUT2D eigenvalue weighted by Crippen LogP contribution is -2.51. The average molecular weight is 331 g/mol. The molecule has 4 aliphatic carbocycles. The van der Waals surface area contributed by atoms with E-state index in [0.717, 1.165) is 30.6 Å². The fourth-order valence-corrected chi connectivity index (χ4v) is 7.50. The molecule has 0 radical (unpaired) electrons. The van der Waals surface area contributed by atoms with Crippen molar-refractivity contribution in [2.45, 2.75) is 78.2 Å². The van der Waals surface area contributed by atoms with Gasteiger partial charge in [0.1, 0.15) is 5.78 Å². The second-order valence-corrected chi connectivity index (χ2v) is 9.64. The number of ether oxygens (including phenoxy) is 1. The number of ketones is 1. The van der Waals surface area contributed by atoms with E-state index in [1.807, 2.05) is 14.0 Å². The van der Waals surface area contributed by atoms with Crippen LogP contribution >= 0.6 is 0 Å². The first-order valence-corrected chi connectivity index (χ1v) is 10.1. The van der Waals surface area contributed by atoms with Gasteiger partial charge in [0.2, 0.25) is 0 Å². The predicted molar refractivity (Wildman–Crippen MR) is 96.7 cm³/mol. The van der Waals surface area contributed by atoms with Crippen LogP contribution in [0.3, 0.4) is 0 Å². The molecule has 0 aromatic rings. The Hall–Kier alpha value is -0.630. The summed E-state index contributed by atoms with van der Waals surface area (Å²) in [7, 11) is 1.87. The maximum atomic E-state index is 12.2. The number of Topliss-reactive ketones (excluding diaryl/α,β-unsaturated/α-hetero) is 1. The molecule has 0 heterocycles. The van der Waals surface area contributed by atoms with Crippen LogP contribution in [0.1, 0.15) is 72.1 Å². The standard InChI is InChI=1S/C22H34O2/c1-14(23)18-7-8-19-17-6-5-15-13-16(24-4)9-11-21(15,2)20(17)10-12-22(18,19)3/h5,16-20H,6-13H2,1-4H3/t16-,17?,18?,19?,20?,21-,22+/m0/s1. The molecular formula is C22H34O2. The fourth-order valence-electron chi connectivity index (χ4n) is 7.50. The molecule has 0 bridgehead atoms. The lowest BCUT2D eigenvalue weighted by Gasteiger charge is -2.58. The van der Waals surface area contributed by atoms with Crippen molar-refractivity contribution < 1.29 is 9.53 Å². The van der Waals surface area contributed by atoms with Gasteiger partial charge in [0.05, 0.1) is 6.10 Å². The van der Waals surface area contributed by atoms with E-state index in [-0.39, 0.29) is 5.41 Å². The Morgan fingerprint density at radius 1 is 1.12 bits per heavy atom. The summed E-state index contributed by atoms with van der Waals surface area (Å²) in [6.45, 7) is 6.81. The van der Waals surface area contributed by atoms with E-state index in [1.165, 1.54) is 38.5 Å². The number of allylic oxidation sites excluding steroid dienone is 1. The molecule has 3 fully saturated rings. The average Bonchev–Trinajstić information content (AvgIpc) is 2.91. The van der Waals surface area contributed by atoms with Crippen LogP contribution in [-0.2, 0) is 9.53 Å². The summed E-state index contributed by atoms with van der Waals surface area (Å²) >= 11 is 0. The van der Waals surface area contributed by atoms with E-state index in [1.54, 1.807) is 5.57 Å². The highest BCUT2D eigenvalue weighted by Gasteiger charge is 2.59. The van der Waals surface area contributed by atoms with Crippen LogP contribution in [0.15, 0.2) is 11.6 Å². The van der Waals surface area contributed by atoms with E-state index >= 15 is 0 Å². The third-order valence-electron chi connectivity index (χ3n) is 8.88. The minimum atomic E-state index is 0.276. The maximum Gasteiger partial charge on any atom is 0.133 e. The molecule has 0 saturated heterocycles. The van der Waals surface area contributed by atoms with Gasteiger partial charge in [0.25, 0.3) is 0 Å². The molecular weight excluding hydrogens is 296 g/mol. The van der Waals surface area contributed by atoms with E-state index in [2.05, 4.69) is 19.9 Å². The molecule has 0 spiro atoms. The molecule has 0 amide bonds. The normalized spacial score (nSPS) is 50.5. The number of methoxy groups -OCH3 is 1. The summed E-state index contributed by atoms with van der Waals surface area (Å²) in [5.74, 6) is 3.17. The van der Waals surface area contributed by atoms with Crippen LogP contribution in [-0.4, -0.2) is 19.0 Å². The highest BCUT2D eigenvalue weighted by Crippen LogP contribution is 2.66. The van der Waals surface area contributed by atoms with E-state index in [4.69, 9.17) is 4.74 Å². The molecule has 134 valence electrons. The molecule has 0 aromatic heterocycles. The first-order chi connectivity index (χ1) is 11.4. The quantitative estimate of drug-likeness (QED) is 0.653. The van der Waals surface area contributed by atoms with Gasteiger partial charge in [0, 0.05) is 13.0 Å². The van der Waals surface area contributed by atoms with Gasteiger partial charge in [-0.05, 0) is 86.9 Å². The van der Waals surface area contributed by atoms with Gasteiger partial charge < -0.3 is 4.74 Å². The zero-order valence-electron chi connectivity index (χ0n) is 15.9. The van der Waals surface area contributed by atoms with Crippen molar-refractivity contribution in [3.63, 3.8) is 0 Å². The van der Waals surface area contributed by atoms with E-state index in [0.29, 0.717) is 23.2 Å². The SMILES string of the molecule is CO[C@H]1CC[C@@]2(C)C(=CCC3C4CCC(C(C)=O)[C@@]4(C)CCC32)C1. The fraction of sp³-hybridized carbons (Fsp3) is 0.864. The Morgan fingerprint density at radius 3 is 2.62 bits per heavy atom. The van der Waals surface area contributed by atoms with Crippen molar-refractivity contribution >= 4 is 5.78 Å². The number of hydrogen-bond acceptors (Lipinski definition) is 2. The molecule has 2 nitrogen and oxygen atoms in total. The van der Waals surface area contributed by atoms with Crippen LogP contribution in [0.4, 0.5) is 0 Å². The first-order valence-electron chi connectivity index (χ1n) is 10.1. The number of carbonyl (C=O) groups excluding carboxylic acids is 1. The Morgan fingerprint density at radius 2 is 1.92 bits per heavy atom. The van der Waals surface area contributed by atoms with E-state index < -0.39 is 0 Å². The second-order valence-electron chi connectivity index (χ2n) is 9.64. The first kappa shape index (κ1) is 16.8. The van der Waals surface area contributed by atoms with Crippen molar-refractivity contribution in [3.05, 3.63) is 11.6 Å². The van der Waals surface area contributed by atoms with Gasteiger partial charge >= 0.3 is 0 Å². The topological polar surface area (TPSA) is 26.3 Å².